The molecule has 10 aromatic carbocycles. The van der Waals surface area contributed by atoms with Gasteiger partial charge in [-0.3, -0.25) is 0 Å². The number of hydrogen-bond acceptors (Lipinski definition) is 2. The third-order valence-corrected chi connectivity index (χ3v) is 21.6. The molecule has 0 saturated carbocycles. The van der Waals surface area contributed by atoms with Gasteiger partial charge in [-0.15, -0.1) is 0 Å². The van der Waals surface area contributed by atoms with E-state index in [2.05, 4.69) is 255 Å². The van der Waals surface area contributed by atoms with Crippen LogP contribution < -0.4 is 5.32 Å². The smallest absolute Gasteiger partial charge is 0.143 e. The quantitative estimate of drug-likeness (QED) is 0.0866. The van der Waals surface area contributed by atoms with Crippen LogP contribution in [0.4, 0.5) is 11.4 Å². The van der Waals surface area contributed by atoms with E-state index in [1.807, 2.05) is 0 Å². The van der Waals surface area contributed by atoms with Crippen LogP contribution in [0.25, 0.3) is 99.8 Å². The first-order chi connectivity index (χ1) is 42.3. The molecule has 4 aliphatic rings. The zero-order chi connectivity index (χ0) is 59.4. The van der Waals surface area contributed by atoms with Gasteiger partial charge >= 0.3 is 0 Å². The summed E-state index contributed by atoms with van der Waals surface area (Å²) < 4.78 is 7.17. The molecule has 0 bridgehead atoms. The normalized spacial score (nSPS) is 16.5. The number of benzene rings is 10. The molecule has 15 rings (SSSR count). The van der Waals surface area contributed by atoms with E-state index in [1.165, 1.54) is 200 Å². The SMILES string of the molecule is CCCCCCCCC1(CCCCCCC)c2ccccc2-c2ccc(-c3ccc4c(c3)C(C)(C)c3cc(-c5cc6c(c7c5oc5ccccc57)-c5cc7c(cc5C6(C)C)-c5ccc(Nc6ccccc6-c6ccccc6)cc5C7(C)C)ccc3-4)cc21. The summed E-state index contributed by atoms with van der Waals surface area (Å²) in [6.07, 6.45) is 16.9. The number of nitrogens with one attached hydrogen (secondary N) is 1. The highest BCUT2D eigenvalue weighted by Gasteiger charge is 2.45. The van der Waals surface area contributed by atoms with Gasteiger partial charge in [-0.05, 0) is 185 Å². The number of hydrogen-bond donors (Lipinski definition) is 1. The molecule has 434 valence electrons. The van der Waals surface area contributed by atoms with Crippen molar-refractivity contribution in [2.75, 3.05) is 5.32 Å². The second-order valence-corrected chi connectivity index (χ2v) is 27.9. The summed E-state index contributed by atoms with van der Waals surface area (Å²) in [5, 5.41) is 6.23. The predicted octanol–water partition coefficient (Wildman–Crippen LogP) is 24.6. The van der Waals surface area contributed by atoms with Crippen molar-refractivity contribution in [3.8, 4) is 77.9 Å². The Balaban J connectivity index is 0.780. The van der Waals surface area contributed by atoms with E-state index < -0.39 is 0 Å². The first-order valence-corrected chi connectivity index (χ1v) is 33.1. The van der Waals surface area contributed by atoms with E-state index in [9.17, 15) is 0 Å². The average molecular weight is 1130 g/mol. The Morgan fingerprint density at radius 2 is 0.816 bits per heavy atom. The van der Waals surface area contributed by atoms with Gasteiger partial charge in [0.1, 0.15) is 11.2 Å². The Morgan fingerprint density at radius 1 is 0.333 bits per heavy atom. The summed E-state index contributed by atoms with van der Waals surface area (Å²) in [4.78, 5) is 0. The molecule has 0 aliphatic heterocycles. The van der Waals surface area contributed by atoms with Crippen LogP contribution in [0.1, 0.15) is 183 Å². The summed E-state index contributed by atoms with van der Waals surface area (Å²) in [6.45, 7) is 19.3. The number of furan rings is 1. The second-order valence-electron chi connectivity index (χ2n) is 27.9. The standard InChI is InChI=1S/C85H83NO/c1-9-11-13-15-17-28-46-85(45-27-16-14-12-10-2)69-34-24-21-32-60(69)63-42-38-56(48-75(63)85)55-37-41-61-62-43-39-57(49-71(62)82(3,4)70(61)47-55)66-51-76-79(80-65-33-23-26-36-78(65)87-81(66)80)68-53-73-67(52-74(68)84(76,7)8)64-44-40-58(50-72(64)83(73,5)6)86-77-35-25-22-31-59(77)54-29-19-18-20-30-54/h18-26,29-44,47-53,86H,9-17,27-28,45-46H2,1-8H3. The van der Waals surface area contributed by atoms with Gasteiger partial charge in [0.05, 0.1) is 0 Å². The highest BCUT2D eigenvalue weighted by Crippen LogP contribution is 2.61. The van der Waals surface area contributed by atoms with Gasteiger partial charge in [-0.2, -0.15) is 0 Å². The maximum atomic E-state index is 7.17. The van der Waals surface area contributed by atoms with Crippen molar-refractivity contribution in [1.29, 1.82) is 0 Å². The third-order valence-electron chi connectivity index (χ3n) is 21.6. The van der Waals surface area contributed by atoms with Gasteiger partial charge in [0.2, 0.25) is 0 Å². The van der Waals surface area contributed by atoms with Crippen molar-refractivity contribution in [2.45, 2.75) is 161 Å². The highest BCUT2D eigenvalue weighted by atomic mass is 16.3. The Hall–Kier alpha value is -8.20. The van der Waals surface area contributed by atoms with Gasteiger partial charge in [0.15, 0.2) is 0 Å². The highest BCUT2D eigenvalue weighted by molar-refractivity contribution is 6.19. The molecule has 2 heteroatoms. The number of fused-ring (bicyclic) bond motifs is 16. The maximum absolute atomic E-state index is 7.17. The molecule has 1 aromatic heterocycles. The van der Waals surface area contributed by atoms with E-state index >= 15 is 0 Å². The molecule has 0 spiro atoms. The van der Waals surface area contributed by atoms with Crippen LogP contribution in [0.5, 0.6) is 0 Å². The Bertz CT molecular complexity index is 4520. The molecule has 0 fully saturated rings. The molecule has 4 aliphatic carbocycles. The molecule has 1 unspecified atom stereocenters. The molecule has 1 N–H and O–H groups in total. The minimum Gasteiger partial charge on any atom is -0.455 e. The van der Waals surface area contributed by atoms with Crippen molar-refractivity contribution in [1.82, 2.24) is 0 Å². The van der Waals surface area contributed by atoms with Crippen molar-refractivity contribution >= 4 is 33.3 Å². The molecule has 2 nitrogen and oxygen atoms in total. The summed E-state index contributed by atoms with van der Waals surface area (Å²) >= 11 is 0. The van der Waals surface area contributed by atoms with Crippen LogP contribution in [0.15, 0.2) is 199 Å². The summed E-state index contributed by atoms with van der Waals surface area (Å²) in [6, 6.07) is 74.4. The lowest BCUT2D eigenvalue weighted by atomic mass is 9.70. The Morgan fingerprint density at radius 3 is 1.53 bits per heavy atom. The maximum Gasteiger partial charge on any atom is 0.143 e. The van der Waals surface area contributed by atoms with Crippen molar-refractivity contribution < 1.29 is 4.42 Å². The van der Waals surface area contributed by atoms with E-state index in [-0.39, 0.29) is 21.7 Å². The summed E-state index contributed by atoms with van der Waals surface area (Å²) in [5.41, 5.74) is 33.1. The van der Waals surface area contributed by atoms with E-state index in [0.29, 0.717) is 0 Å². The number of unbranched alkanes of at least 4 members (excludes halogenated alkanes) is 9. The number of para-hydroxylation sites is 2. The minimum absolute atomic E-state index is 0.0481. The predicted molar refractivity (Wildman–Crippen MR) is 370 cm³/mol. The molecule has 0 radical (unpaired) electrons. The molecule has 11 aromatic rings. The number of rotatable bonds is 18. The van der Waals surface area contributed by atoms with Crippen LogP contribution in [0.2, 0.25) is 0 Å². The molecule has 0 saturated heterocycles. The average Bonchev–Trinajstić information content (AvgIpc) is 1.57. The summed E-state index contributed by atoms with van der Waals surface area (Å²) in [5.74, 6) is 0. The first-order valence-electron chi connectivity index (χ1n) is 33.1. The van der Waals surface area contributed by atoms with Crippen molar-refractivity contribution in [2.24, 2.45) is 0 Å². The molecule has 1 atom stereocenters. The van der Waals surface area contributed by atoms with Crippen LogP contribution in [0.3, 0.4) is 0 Å². The minimum atomic E-state index is -0.276. The topological polar surface area (TPSA) is 25.2 Å². The molecular formula is C85H83NO. The second kappa shape index (κ2) is 21.3. The largest absolute Gasteiger partial charge is 0.455 e. The zero-order valence-electron chi connectivity index (χ0n) is 52.6. The van der Waals surface area contributed by atoms with Crippen LogP contribution in [-0.2, 0) is 21.7 Å². The first kappa shape index (κ1) is 55.4. The fraction of sp³-hybridized carbons (Fsp3) is 0.294. The van der Waals surface area contributed by atoms with Gasteiger partial charge in [-0.1, -0.05) is 259 Å². The van der Waals surface area contributed by atoms with Crippen molar-refractivity contribution in [3.05, 3.63) is 239 Å². The zero-order valence-corrected chi connectivity index (χ0v) is 52.6. The van der Waals surface area contributed by atoms with Gasteiger partial charge in [0, 0.05) is 54.9 Å². The van der Waals surface area contributed by atoms with Crippen LogP contribution in [-0.4, -0.2) is 0 Å². The van der Waals surface area contributed by atoms with Gasteiger partial charge in [-0.25, -0.2) is 0 Å². The molecule has 0 amide bonds. The number of anilines is 2. The van der Waals surface area contributed by atoms with E-state index in [0.717, 1.165) is 28.1 Å². The Labute approximate surface area is 517 Å². The van der Waals surface area contributed by atoms with Gasteiger partial charge in [0.25, 0.3) is 0 Å². The van der Waals surface area contributed by atoms with Gasteiger partial charge < -0.3 is 9.73 Å². The third kappa shape index (κ3) is 8.77. The lowest BCUT2D eigenvalue weighted by molar-refractivity contribution is 0.398. The lowest BCUT2D eigenvalue weighted by Gasteiger charge is -2.33. The molecule has 1 heterocycles. The lowest BCUT2D eigenvalue weighted by Crippen LogP contribution is -2.25. The fourth-order valence-corrected chi connectivity index (χ4v) is 16.9. The van der Waals surface area contributed by atoms with E-state index in [1.54, 1.807) is 11.1 Å². The monoisotopic (exact) mass is 1130 g/mol. The molecular weight excluding hydrogens is 1050 g/mol. The van der Waals surface area contributed by atoms with Crippen LogP contribution in [0, 0.1) is 0 Å². The van der Waals surface area contributed by atoms with Crippen molar-refractivity contribution in [3.63, 3.8) is 0 Å². The molecule has 87 heavy (non-hydrogen) atoms. The fourth-order valence-electron chi connectivity index (χ4n) is 16.9. The Kier molecular flexibility index (Phi) is 13.6. The summed E-state index contributed by atoms with van der Waals surface area (Å²) in [7, 11) is 0. The van der Waals surface area contributed by atoms with Crippen LogP contribution >= 0.6 is 0 Å². The van der Waals surface area contributed by atoms with E-state index in [4.69, 9.17) is 4.42 Å².